The lowest BCUT2D eigenvalue weighted by atomic mass is 10.2. The summed E-state index contributed by atoms with van der Waals surface area (Å²) in [5, 5.41) is 13.4. The van der Waals surface area contributed by atoms with Gasteiger partial charge >= 0.3 is 0 Å². The Bertz CT molecular complexity index is 317. The van der Waals surface area contributed by atoms with Crippen LogP contribution in [0, 0.1) is 0 Å². The lowest BCUT2D eigenvalue weighted by Crippen LogP contribution is -2.29. The Kier molecular flexibility index (Phi) is 4.88. The first-order valence-electron chi connectivity index (χ1n) is 4.83. The number of phenols is 1. The molecule has 84 valence electrons. The fourth-order valence-electron chi connectivity index (χ4n) is 1.29. The highest BCUT2D eigenvalue weighted by atomic mass is 35.5. The van der Waals surface area contributed by atoms with Crippen molar-refractivity contribution in [2.24, 2.45) is 0 Å². The highest BCUT2D eigenvalue weighted by Crippen LogP contribution is 2.21. The fraction of sp³-hybridized carbons (Fsp3) is 0.455. The van der Waals surface area contributed by atoms with Gasteiger partial charge in [0.15, 0.2) is 0 Å². The third-order valence-electron chi connectivity index (χ3n) is 2.10. The molecule has 0 spiro atoms. The number of phenolic OH excluding ortho intramolecular Hbond substituents is 1. The summed E-state index contributed by atoms with van der Waals surface area (Å²) in [7, 11) is 1.66. The molecule has 0 aromatic heterocycles. The summed E-state index contributed by atoms with van der Waals surface area (Å²) in [4.78, 5) is 0. The highest BCUT2D eigenvalue weighted by Gasteiger charge is 2.04. The zero-order chi connectivity index (χ0) is 11.3. The van der Waals surface area contributed by atoms with Gasteiger partial charge in [-0.05, 0) is 25.1 Å². The van der Waals surface area contributed by atoms with E-state index in [0.717, 1.165) is 5.56 Å². The van der Waals surface area contributed by atoms with E-state index >= 15 is 0 Å². The van der Waals surface area contributed by atoms with Gasteiger partial charge in [0.05, 0.1) is 6.61 Å². The number of hydrogen-bond donors (Lipinski definition) is 2. The van der Waals surface area contributed by atoms with Crippen LogP contribution in [0.4, 0.5) is 0 Å². The summed E-state index contributed by atoms with van der Waals surface area (Å²) >= 11 is 5.83. The molecule has 0 radical (unpaired) electrons. The van der Waals surface area contributed by atoms with Crippen LogP contribution < -0.4 is 5.32 Å². The average Bonchev–Trinajstić information content (AvgIpc) is 2.20. The van der Waals surface area contributed by atoms with Crippen molar-refractivity contribution in [1.29, 1.82) is 0 Å². The monoisotopic (exact) mass is 229 g/mol. The molecule has 0 heterocycles. The van der Waals surface area contributed by atoms with E-state index < -0.39 is 0 Å². The quantitative estimate of drug-likeness (QED) is 0.813. The molecule has 0 saturated carbocycles. The minimum Gasteiger partial charge on any atom is -0.508 e. The Morgan fingerprint density at radius 2 is 2.27 bits per heavy atom. The van der Waals surface area contributed by atoms with Crippen LogP contribution in [0.25, 0.3) is 0 Å². The highest BCUT2D eigenvalue weighted by molar-refractivity contribution is 6.30. The van der Waals surface area contributed by atoms with E-state index in [1.165, 1.54) is 0 Å². The number of nitrogens with one attached hydrogen (secondary N) is 1. The lowest BCUT2D eigenvalue weighted by Gasteiger charge is -2.13. The molecule has 3 nitrogen and oxygen atoms in total. The van der Waals surface area contributed by atoms with Crippen LogP contribution in [-0.4, -0.2) is 24.9 Å². The van der Waals surface area contributed by atoms with Gasteiger partial charge in [0.25, 0.3) is 0 Å². The van der Waals surface area contributed by atoms with E-state index in [-0.39, 0.29) is 11.8 Å². The molecule has 0 saturated heterocycles. The number of ether oxygens (including phenoxy) is 1. The third-order valence-corrected chi connectivity index (χ3v) is 2.33. The maximum absolute atomic E-state index is 9.55. The second kappa shape index (κ2) is 5.95. The SMILES string of the molecule is COCC(C)NCc1cc(Cl)ccc1O. The molecule has 1 aromatic rings. The summed E-state index contributed by atoms with van der Waals surface area (Å²) in [5.41, 5.74) is 0.797. The summed E-state index contributed by atoms with van der Waals surface area (Å²) < 4.78 is 4.99. The zero-order valence-electron chi connectivity index (χ0n) is 8.96. The third kappa shape index (κ3) is 4.08. The Hall–Kier alpha value is -0.770. The summed E-state index contributed by atoms with van der Waals surface area (Å²) in [6.07, 6.45) is 0. The van der Waals surface area contributed by atoms with Gasteiger partial charge in [-0.3, -0.25) is 0 Å². The minimum atomic E-state index is 0.244. The van der Waals surface area contributed by atoms with Crippen LogP contribution in [0.3, 0.4) is 0 Å². The molecule has 1 aromatic carbocycles. The molecular formula is C11H16ClNO2. The number of halogens is 1. The molecule has 0 amide bonds. The van der Waals surface area contributed by atoms with Crippen LogP contribution in [0.5, 0.6) is 5.75 Å². The van der Waals surface area contributed by atoms with Gasteiger partial charge < -0.3 is 15.2 Å². The summed E-state index contributed by atoms with van der Waals surface area (Å²) in [5.74, 6) is 0.261. The molecule has 1 atom stereocenters. The molecular weight excluding hydrogens is 214 g/mol. The molecule has 15 heavy (non-hydrogen) atoms. The first kappa shape index (κ1) is 12.3. The Balaban J connectivity index is 2.53. The number of hydrogen-bond acceptors (Lipinski definition) is 3. The van der Waals surface area contributed by atoms with Crippen molar-refractivity contribution < 1.29 is 9.84 Å². The molecule has 0 aliphatic rings. The van der Waals surface area contributed by atoms with E-state index in [4.69, 9.17) is 16.3 Å². The number of benzene rings is 1. The van der Waals surface area contributed by atoms with E-state index in [0.29, 0.717) is 18.2 Å². The van der Waals surface area contributed by atoms with Crippen LogP contribution in [-0.2, 0) is 11.3 Å². The van der Waals surface area contributed by atoms with Crippen molar-refractivity contribution in [2.75, 3.05) is 13.7 Å². The smallest absolute Gasteiger partial charge is 0.120 e. The number of methoxy groups -OCH3 is 1. The van der Waals surface area contributed by atoms with Gasteiger partial charge in [0.2, 0.25) is 0 Å². The van der Waals surface area contributed by atoms with Gasteiger partial charge in [0, 0.05) is 30.3 Å². The van der Waals surface area contributed by atoms with Gasteiger partial charge in [-0.1, -0.05) is 11.6 Å². The Labute approximate surface area is 95.0 Å². The first-order valence-corrected chi connectivity index (χ1v) is 5.21. The van der Waals surface area contributed by atoms with Gasteiger partial charge in [-0.2, -0.15) is 0 Å². The van der Waals surface area contributed by atoms with Crippen molar-refractivity contribution in [1.82, 2.24) is 5.32 Å². The molecule has 1 rings (SSSR count). The number of rotatable bonds is 5. The maximum Gasteiger partial charge on any atom is 0.120 e. The number of aromatic hydroxyl groups is 1. The topological polar surface area (TPSA) is 41.5 Å². The van der Waals surface area contributed by atoms with Crippen molar-refractivity contribution in [2.45, 2.75) is 19.5 Å². The first-order chi connectivity index (χ1) is 7.13. The normalized spacial score (nSPS) is 12.7. The molecule has 0 aliphatic heterocycles. The average molecular weight is 230 g/mol. The predicted molar refractivity (Wildman–Crippen MR) is 61.3 cm³/mol. The fourth-order valence-corrected chi connectivity index (χ4v) is 1.48. The second-order valence-electron chi connectivity index (χ2n) is 3.51. The Morgan fingerprint density at radius 3 is 2.93 bits per heavy atom. The van der Waals surface area contributed by atoms with Gasteiger partial charge in [-0.25, -0.2) is 0 Å². The van der Waals surface area contributed by atoms with Crippen molar-refractivity contribution in [3.05, 3.63) is 28.8 Å². The van der Waals surface area contributed by atoms with Crippen LogP contribution in [0.2, 0.25) is 5.02 Å². The van der Waals surface area contributed by atoms with Gasteiger partial charge in [-0.15, -0.1) is 0 Å². The van der Waals surface area contributed by atoms with Crippen molar-refractivity contribution in [3.8, 4) is 5.75 Å². The van der Waals surface area contributed by atoms with Gasteiger partial charge in [0.1, 0.15) is 5.75 Å². The Morgan fingerprint density at radius 1 is 1.53 bits per heavy atom. The van der Waals surface area contributed by atoms with E-state index in [2.05, 4.69) is 5.32 Å². The van der Waals surface area contributed by atoms with Crippen molar-refractivity contribution >= 4 is 11.6 Å². The maximum atomic E-state index is 9.55. The molecule has 1 unspecified atom stereocenters. The molecule has 0 bridgehead atoms. The molecule has 4 heteroatoms. The van der Waals surface area contributed by atoms with E-state index in [9.17, 15) is 5.11 Å². The van der Waals surface area contributed by atoms with Crippen LogP contribution >= 0.6 is 11.6 Å². The molecule has 2 N–H and O–H groups in total. The minimum absolute atomic E-state index is 0.244. The predicted octanol–water partition coefficient (Wildman–Crippen LogP) is 2.17. The van der Waals surface area contributed by atoms with Crippen LogP contribution in [0.1, 0.15) is 12.5 Å². The standard InChI is InChI=1S/C11H16ClNO2/c1-8(7-15-2)13-6-9-5-10(12)3-4-11(9)14/h3-5,8,13-14H,6-7H2,1-2H3. The molecule has 0 aliphatic carbocycles. The molecule has 0 fully saturated rings. The summed E-state index contributed by atoms with van der Waals surface area (Å²) in [6, 6.07) is 5.26. The van der Waals surface area contributed by atoms with Crippen LogP contribution in [0.15, 0.2) is 18.2 Å². The van der Waals surface area contributed by atoms with E-state index in [1.807, 2.05) is 6.92 Å². The zero-order valence-corrected chi connectivity index (χ0v) is 9.71. The van der Waals surface area contributed by atoms with Crippen molar-refractivity contribution in [3.63, 3.8) is 0 Å². The largest absolute Gasteiger partial charge is 0.508 e. The summed E-state index contributed by atoms with van der Waals surface area (Å²) in [6.45, 7) is 3.24. The van der Waals surface area contributed by atoms with E-state index in [1.54, 1.807) is 25.3 Å². The second-order valence-corrected chi connectivity index (χ2v) is 3.95. The lowest BCUT2D eigenvalue weighted by molar-refractivity contribution is 0.171.